The molecule has 1 aromatic carbocycles. The van der Waals surface area contributed by atoms with Crippen LogP contribution in [0, 0.1) is 6.92 Å². The number of halogens is 1. The Bertz CT molecular complexity index is 851. The highest BCUT2D eigenvalue weighted by molar-refractivity contribution is 7.99. The predicted octanol–water partition coefficient (Wildman–Crippen LogP) is 4.90. The molecule has 0 aliphatic carbocycles. The minimum absolute atomic E-state index is 0.234. The maximum atomic E-state index is 12.5. The van der Waals surface area contributed by atoms with Gasteiger partial charge in [-0.2, -0.15) is 0 Å². The third-order valence-electron chi connectivity index (χ3n) is 2.90. The maximum absolute atomic E-state index is 12.5. The number of thiazole rings is 1. The van der Waals surface area contributed by atoms with Crippen molar-refractivity contribution in [1.82, 2.24) is 9.97 Å². The molecular weight excluding hydrogens is 350 g/mol. The predicted molar refractivity (Wildman–Crippen MR) is 94.6 cm³/mol. The van der Waals surface area contributed by atoms with Crippen LogP contribution in [0.25, 0.3) is 0 Å². The Morgan fingerprint density at radius 2 is 2.04 bits per heavy atom. The fourth-order valence-electron chi connectivity index (χ4n) is 1.85. The van der Waals surface area contributed by atoms with E-state index in [1.165, 1.54) is 23.1 Å². The van der Waals surface area contributed by atoms with Crippen molar-refractivity contribution in [1.29, 1.82) is 0 Å². The molecule has 0 aliphatic rings. The fraction of sp³-hybridized carbons (Fsp3) is 0.0625. The van der Waals surface area contributed by atoms with Gasteiger partial charge in [-0.1, -0.05) is 35.5 Å². The number of aryl methyl sites for hydroxylation is 1. The molecule has 0 saturated heterocycles. The summed E-state index contributed by atoms with van der Waals surface area (Å²) in [5.74, 6) is -0.234. The van der Waals surface area contributed by atoms with E-state index in [1.54, 1.807) is 24.5 Å². The summed E-state index contributed by atoms with van der Waals surface area (Å²) in [4.78, 5) is 22.8. The van der Waals surface area contributed by atoms with E-state index >= 15 is 0 Å². The first-order valence-corrected chi connectivity index (χ1v) is 8.76. The van der Waals surface area contributed by atoms with Crippen LogP contribution in [0.2, 0.25) is 5.02 Å². The molecule has 7 heteroatoms. The molecule has 23 heavy (non-hydrogen) atoms. The van der Waals surface area contributed by atoms with Crippen LogP contribution in [-0.2, 0) is 0 Å². The quantitative estimate of drug-likeness (QED) is 0.717. The van der Waals surface area contributed by atoms with E-state index in [4.69, 9.17) is 11.6 Å². The van der Waals surface area contributed by atoms with Gasteiger partial charge in [-0.25, -0.2) is 9.97 Å². The molecule has 3 aromatic rings. The highest BCUT2D eigenvalue weighted by Gasteiger charge is 2.15. The van der Waals surface area contributed by atoms with Gasteiger partial charge >= 0.3 is 0 Å². The molecule has 3 rings (SSSR count). The third kappa shape index (κ3) is 3.90. The lowest BCUT2D eigenvalue weighted by atomic mass is 10.3. The zero-order chi connectivity index (χ0) is 16.2. The van der Waals surface area contributed by atoms with Crippen molar-refractivity contribution in [2.45, 2.75) is 16.8 Å². The normalized spacial score (nSPS) is 10.5. The Hall–Kier alpha value is -1.89. The van der Waals surface area contributed by atoms with Crippen LogP contribution in [0.15, 0.2) is 58.7 Å². The van der Waals surface area contributed by atoms with Crippen LogP contribution < -0.4 is 5.32 Å². The van der Waals surface area contributed by atoms with Crippen LogP contribution in [0.5, 0.6) is 0 Å². The lowest BCUT2D eigenvalue weighted by Crippen LogP contribution is -2.13. The van der Waals surface area contributed by atoms with Gasteiger partial charge < -0.3 is 0 Å². The van der Waals surface area contributed by atoms with Crippen molar-refractivity contribution in [3.63, 3.8) is 0 Å². The zero-order valence-corrected chi connectivity index (χ0v) is 14.5. The number of aromatic nitrogens is 2. The first-order chi connectivity index (χ1) is 11.1. The zero-order valence-electron chi connectivity index (χ0n) is 12.1. The van der Waals surface area contributed by atoms with E-state index in [1.807, 2.05) is 31.2 Å². The lowest BCUT2D eigenvalue weighted by Gasteiger charge is -2.08. The second kappa shape index (κ2) is 7.12. The number of rotatable bonds is 4. The summed E-state index contributed by atoms with van der Waals surface area (Å²) >= 11 is 8.98. The van der Waals surface area contributed by atoms with Gasteiger partial charge in [0, 0.05) is 22.2 Å². The van der Waals surface area contributed by atoms with E-state index in [0.717, 1.165) is 9.77 Å². The summed E-state index contributed by atoms with van der Waals surface area (Å²) in [5.41, 5.74) is 0.491. The number of carbonyl (C=O) groups excluding carboxylic acids is 1. The van der Waals surface area contributed by atoms with Gasteiger partial charge in [-0.3, -0.25) is 10.1 Å². The van der Waals surface area contributed by atoms with Gasteiger partial charge in [0.2, 0.25) is 0 Å². The highest BCUT2D eigenvalue weighted by atomic mass is 35.5. The second-order valence-electron chi connectivity index (χ2n) is 4.62. The van der Waals surface area contributed by atoms with Crippen molar-refractivity contribution in [3.8, 4) is 0 Å². The molecule has 0 saturated carbocycles. The first-order valence-electron chi connectivity index (χ1n) is 6.74. The summed E-state index contributed by atoms with van der Waals surface area (Å²) in [6.45, 7) is 1.94. The number of nitrogens with one attached hydrogen (secondary N) is 1. The Morgan fingerprint density at radius 1 is 1.22 bits per heavy atom. The number of amides is 1. The number of hydrogen-bond acceptors (Lipinski definition) is 5. The van der Waals surface area contributed by atoms with E-state index < -0.39 is 0 Å². The Labute approximate surface area is 146 Å². The Morgan fingerprint density at radius 3 is 2.78 bits per heavy atom. The van der Waals surface area contributed by atoms with Crippen LogP contribution in [-0.4, -0.2) is 15.9 Å². The SMILES string of the molecule is Cc1cnc(NC(=O)c2cccnc2Sc2ccccc2Cl)s1. The molecule has 0 bridgehead atoms. The number of carbonyl (C=O) groups is 1. The number of anilines is 1. The minimum atomic E-state index is -0.234. The van der Waals surface area contributed by atoms with Gasteiger partial charge in [0.15, 0.2) is 5.13 Å². The standard InChI is InChI=1S/C16H12ClN3OS2/c1-10-9-19-16(22-10)20-14(21)11-5-4-8-18-15(11)23-13-7-3-2-6-12(13)17/h2-9H,1H3,(H,19,20,21). The summed E-state index contributed by atoms with van der Waals surface area (Å²) in [5, 5.41) is 4.61. The topological polar surface area (TPSA) is 54.9 Å². The number of benzene rings is 1. The Kier molecular flexibility index (Phi) is 4.95. The molecule has 1 N–H and O–H groups in total. The van der Waals surface area contributed by atoms with E-state index in [0.29, 0.717) is 20.7 Å². The van der Waals surface area contributed by atoms with Crippen molar-refractivity contribution >= 4 is 45.7 Å². The van der Waals surface area contributed by atoms with Gasteiger partial charge in [0.25, 0.3) is 5.91 Å². The summed E-state index contributed by atoms with van der Waals surface area (Å²) in [6, 6.07) is 10.9. The summed E-state index contributed by atoms with van der Waals surface area (Å²) in [7, 11) is 0. The van der Waals surface area contributed by atoms with Crippen molar-refractivity contribution < 1.29 is 4.79 Å². The van der Waals surface area contributed by atoms with Crippen molar-refractivity contribution in [3.05, 3.63) is 64.3 Å². The number of pyridine rings is 1. The van der Waals surface area contributed by atoms with Crippen LogP contribution in [0.4, 0.5) is 5.13 Å². The van der Waals surface area contributed by atoms with Gasteiger partial charge in [0.1, 0.15) is 5.03 Å². The van der Waals surface area contributed by atoms with Crippen molar-refractivity contribution in [2.24, 2.45) is 0 Å². The summed E-state index contributed by atoms with van der Waals surface area (Å²) in [6.07, 6.45) is 3.38. The van der Waals surface area contributed by atoms with E-state index in [2.05, 4.69) is 15.3 Å². The largest absolute Gasteiger partial charge is 0.298 e. The van der Waals surface area contributed by atoms with Crippen LogP contribution in [0.3, 0.4) is 0 Å². The van der Waals surface area contributed by atoms with Crippen molar-refractivity contribution in [2.75, 3.05) is 5.32 Å². The molecule has 0 aliphatic heterocycles. The molecule has 0 fully saturated rings. The number of hydrogen-bond donors (Lipinski definition) is 1. The van der Waals surface area contributed by atoms with Gasteiger partial charge in [-0.05, 0) is 31.2 Å². The maximum Gasteiger partial charge on any atom is 0.260 e. The smallest absolute Gasteiger partial charge is 0.260 e. The second-order valence-corrected chi connectivity index (χ2v) is 7.29. The first kappa shape index (κ1) is 16.0. The molecule has 4 nitrogen and oxygen atoms in total. The molecular formula is C16H12ClN3OS2. The van der Waals surface area contributed by atoms with Gasteiger partial charge in [-0.15, -0.1) is 11.3 Å². The average Bonchev–Trinajstić information content (AvgIpc) is 2.95. The van der Waals surface area contributed by atoms with Gasteiger partial charge in [0.05, 0.1) is 10.6 Å². The van der Waals surface area contributed by atoms with E-state index in [-0.39, 0.29) is 5.91 Å². The lowest BCUT2D eigenvalue weighted by molar-refractivity contribution is 0.102. The van der Waals surface area contributed by atoms with Crippen LogP contribution >= 0.6 is 34.7 Å². The fourth-order valence-corrected chi connectivity index (χ4v) is 3.67. The molecule has 0 unspecified atom stereocenters. The minimum Gasteiger partial charge on any atom is -0.298 e. The van der Waals surface area contributed by atoms with E-state index in [9.17, 15) is 4.79 Å². The monoisotopic (exact) mass is 361 g/mol. The molecule has 2 heterocycles. The molecule has 0 spiro atoms. The summed E-state index contributed by atoms with van der Waals surface area (Å²) < 4.78 is 0. The Balaban J connectivity index is 1.85. The average molecular weight is 362 g/mol. The molecule has 0 radical (unpaired) electrons. The van der Waals surface area contributed by atoms with Crippen LogP contribution in [0.1, 0.15) is 15.2 Å². The number of nitrogens with zero attached hydrogens (tertiary/aromatic N) is 2. The molecule has 2 aromatic heterocycles. The molecule has 0 atom stereocenters. The molecule has 1 amide bonds. The molecule has 116 valence electrons. The highest BCUT2D eigenvalue weighted by Crippen LogP contribution is 2.33. The third-order valence-corrected chi connectivity index (χ3v) is 5.27.